The van der Waals surface area contributed by atoms with Crippen LogP contribution < -0.4 is 5.32 Å². The Morgan fingerprint density at radius 3 is 2.19 bits per heavy atom. The van der Waals surface area contributed by atoms with Gasteiger partial charge >= 0.3 is 0 Å². The number of benzene rings is 2. The number of carbonyl (C=O) groups is 2. The Labute approximate surface area is 160 Å². The van der Waals surface area contributed by atoms with E-state index >= 15 is 0 Å². The lowest BCUT2D eigenvalue weighted by atomic mass is 10.1. The molecule has 2 aromatic carbocycles. The summed E-state index contributed by atoms with van der Waals surface area (Å²) in [5.74, 6) is -0.0754. The van der Waals surface area contributed by atoms with Gasteiger partial charge in [0.25, 0.3) is 0 Å². The van der Waals surface area contributed by atoms with E-state index in [-0.39, 0.29) is 11.8 Å². The maximum atomic E-state index is 12.1. The molecule has 0 heterocycles. The summed E-state index contributed by atoms with van der Waals surface area (Å²) in [4.78, 5) is 25.6. The Morgan fingerprint density at radius 1 is 0.962 bits per heavy atom. The van der Waals surface area contributed by atoms with Gasteiger partial charge in [-0.1, -0.05) is 53.6 Å². The van der Waals surface area contributed by atoms with Crippen molar-refractivity contribution < 1.29 is 9.59 Å². The Hall–Kier alpha value is -2.33. The first-order valence-electron chi connectivity index (χ1n) is 8.76. The zero-order valence-electron chi connectivity index (χ0n) is 15.3. The fourth-order valence-corrected chi connectivity index (χ4v) is 2.70. The fraction of sp³-hybridized carbons (Fsp3) is 0.333. The number of nitrogens with zero attached hydrogens (tertiary/aromatic N) is 1. The molecule has 0 radical (unpaired) electrons. The summed E-state index contributed by atoms with van der Waals surface area (Å²) in [7, 11) is 0. The molecule has 0 aromatic heterocycles. The number of halogens is 1. The topological polar surface area (TPSA) is 49.4 Å². The first-order valence-corrected chi connectivity index (χ1v) is 9.14. The van der Waals surface area contributed by atoms with E-state index in [0.717, 1.165) is 17.5 Å². The van der Waals surface area contributed by atoms with Crippen LogP contribution in [0, 0.1) is 6.92 Å². The van der Waals surface area contributed by atoms with Crippen LogP contribution in [-0.4, -0.2) is 29.8 Å². The second kappa shape index (κ2) is 9.97. The zero-order valence-corrected chi connectivity index (χ0v) is 16.1. The number of hydrogen-bond acceptors (Lipinski definition) is 2. The third-order valence-corrected chi connectivity index (χ3v) is 4.50. The van der Waals surface area contributed by atoms with E-state index in [1.54, 1.807) is 4.90 Å². The van der Waals surface area contributed by atoms with Crippen molar-refractivity contribution in [3.8, 4) is 0 Å². The maximum absolute atomic E-state index is 12.1. The highest BCUT2D eigenvalue weighted by atomic mass is 35.5. The molecule has 2 amide bonds. The molecule has 5 heteroatoms. The highest BCUT2D eigenvalue weighted by Crippen LogP contribution is 2.10. The minimum Gasteiger partial charge on any atom is -0.352 e. The van der Waals surface area contributed by atoms with Crippen LogP contribution in [0.3, 0.4) is 0 Å². The smallest absolute Gasteiger partial charge is 0.222 e. The lowest BCUT2D eigenvalue weighted by Crippen LogP contribution is -2.35. The van der Waals surface area contributed by atoms with E-state index in [1.165, 1.54) is 12.5 Å². The molecule has 138 valence electrons. The monoisotopic (exact) mass is 372 g/mol. The molecule has 1 N–H and O–H groups in total. The average molecular weight is 373 g/mol. The molecule has 0 atom stereocenters. The van der Waals surface area contributed by atoms with Crippen molar-refractivity contribution >= 4 is 23.4 Å². The average Bonchev–Trinajstić information content (AvgIpc) is 2.62. The van der Waals surface area contributed by atoms with Gasteiger partial charge < -0.3 is 10.2 Å². The summed E-state index contributed by atoms with van der Waals surface area (Å²) in [5.41, 5.74) is 3.37. The molecule has 0 aliphatic carbocycles. The first-order chi connectivity index (χ1) is 12.4. The van der Waals surface area contributed by atoms with Gasteiger partial charge in [0.05, 0.1) is 0 Å². The van der Waals surface area contributed by atoms with Crippen molar-refractivity contribution in [3.05, 3.63) is 70.2 Å². The lowest BCUT2D eigenvalue weighted by molar-refractivity contribution is -0.129. The largest absolute Gasteiger partial charge is 0.352 e. The molecule has 0 spiro atoms. The van der Waals surface area contributed by atoms with Crippen LogP contribution in [0.1, 0.15) is 30.0 Å². The third-order valence-electron chi connectivity index (χ3n) is 4.25. The molecule has 0 bridgehead atoms. The molecular weight excluding hydrogens is 348 g/mol. The van der Waals surface area contributed by atoms with Gasteiger partial charge in [0, 0.05) is 38.0 Å². The second-order valence-corrected chi connectivity index (χ2v) is 6.83. The van der Waals surface area contributed by atoms with Crippen molar-refractivity contribution in [2.45, 2.75) is 33.2 Å². The van der Waals surface area contributed by atoms with Gasteiger partial charge in [-0.2, -0.15) is 0 Å². The summed E-state index contributed by atoms with van der Waals surface area (Å²) in [6, 6.07) is 15.6. The Morgan fingerprint density at radius 2 is 1.58 bits per heavy atom. The predicted octanol–water partition coefficient (Wildman–Crippen LogP) is 3.75. The summed E-state index contributed by atoms with van der Waals surface area (Å²) in [5, 5.41) is 3.60. The van der Waals surface area contributed by atoms with Crippen LogP contribution >= 0.6 is 11.6 Å². The Bertz CT molecular complexity index is 727. The second-order valence-electron chi connectivity index (χ2n) is 6.39. The van der Waals surface area contributed by atoms with Crippen molar-refractivity contribution in [2.75, 3.05) is 13.1 Å². The zero-order chi connectivity index (χ0) is 18.9. The molecule has 0 saturated heterocycles. The predicted molar refractivity (Wildman–Crippen MR) is 105 cm³/mol. The van der Waals surface area contributed by atoms with Crippen LogP contribution in [0.2, 0.25) is 5.02 Å². The van der Waals surface area contributed by atoms with E-state index in [0.29, 0.717) is 31.1 Å². The molecule has 0 saturated carbocycles. The highest BCUT2D eigenvalue weighted by molar-refractivity contribution is 6.30. The first kappa shape index (κ1) is 20.0. The molecule has 0 aliphatic rings. The van der Waals surface area contributed by atoms with E-state index < -0.39 is 0 Å². The van der Waals surface area contributed by atoms with Crippen LogP contribution in [-0.2, 0) is 22.6 Å². The maximum Gasteiger partial charge on any atom is 0.222 e. The van der Waals surface area contributed by atoms with E-state index in [9.17, 15) is 9.59 Å². The fourth-order valence-electron chi connectivity index (χ4n) is 2.57. The van der Waals surface area contributed by atoms with Gasteiger partial charge in [-0.05, 0) is 36.6 Å². The van der Waals surface area contributed by atoms with Gasteiger partial charge in [-0.3, -0.25) is 9.59 Å². The molecule has 4 nitrogen and oxygen atoms in total. The SMILES string of the molecule is CC(=O)N(CCC(=O)NCc1ccc(C)cc1)CCc1ccc(Cl)cc1. The van der Waals surface area contributed by atoms with Gasteiger partial charge in [0.2, 0.25) is 11.8 Å². The lowest BCUT2D eigenvalue weighted by Gasteiger charge is -2.21. The van der Waals surface area contributed by atoms with E-state index in [1.807, 2.05) is 55.5 Å². The minimum absolute atomic E-state index is 0.0229. The van der Waals surface area contributed by atoms with E-state index in [2.05, 4.69) is 5.32 Å². The van der Waals surface area contributed by atoms with Gasteiger partial charge in [0.1, 0.15) is 0 Å². The molecule has 2 aromatic rings. The number of aryl methyl sites for hydroxylation is 1. The van der Waals surface area contributed by atoms with Gasteiger partial charge in [0.15, 0.2) is 0 Å². The summed E-state index contributed by atoms with van der Waals surface area (Å²) in [6.07, 6.45) is 1.04. The molecule has 0 unspecified atom stereocenters. The molecule has 0 fully saturated rings. The molecule has 2 rings (SSSR count). The number of amides is 2. The molecular formula is C21H25ClN2O2. The normalized spacial score (nSPS) is 10.4. The van der Waals surface area contributed by atoms with E-state index in [4.69, 9.17) is 11.6 Å². The Kier molecular flexibility index (Phi) is 7.67. The Balaban J connectivity index is 1.76. The molecule has 26 heavy (non-hydrogen) atoms. The summed E-state index contributed by atoms with van der Waals surface area (Å²) in [6.45, 7) is 5.07. The summed E-state index contributed by atoms with van der Waals surface area (Å²) >= 11 is 5.88. The van der Waals surface area contributed by atoms with Crippen molar-refractivity contribution in [2.24, 2.45) is 0 Å². The summed E-state index contributed by atoms with van der Waals surface area (Å²) < 4.78 is 0. The number of hydrogen-bond donors (Lipinski definition) is 1. The quantitative estimate of drug-likeness (QED) is 0.767. The minimum atomic E-state index is -0.0525. The van der Waals surface area contributed by atoms with Crippen LogP contribution in [0.4, 0.5) is 0 Å². The van der Waals surface area contributed by atoms with Crippen LogP contribution in [0.15, 0.2) is 48.5 Å². The molecule has 0 aliphatic heterocycles. The third kappa shape index (κ3) is 6.89. The van der Waals surface area contributed by atoms with Crippen molar-refractivity contribution in [1.29, 1.82) is 0 Å². The number of nitrogens with one attached hydrogen (secondary N) is 1. The standard InChI is InChI=1S/C21H25ClN2O2/c1-16-3-5-19(6-4-16)15-23-21(26)12-14-24(17(2)25)13-11-18-7-9-20(22)10-8-18/h3-10H,11-15H2,1-2H3,(H,23,26). The number of rotatable bonds is 8. The van der Waals surface area contributed by atoms with Crippen molar-refractivity contribution in [1.82, 2.24) is 10.2 Å². The highest BCUT2D eigenvalue weighted by Gasteiger charge is 2.11. The van der Waals surface area contributed by atoms with Gasteiger partial charge in [-0.15, -0.1) is 0 Å². The van der Waals surface area contributed by atoms with Crippen LogP contribution in [0.5, 0.6) is 0 Å². The van der Waals surface area contributed by atoms with Crippen molar-refractivity contribution in [3.63, 3.8) is 0 Å². The number of carbonyl (C=O) groups excluding carboxylic acids is 2. The van der Waals surface area contributed by atoms with Crippen LogP contribution in [0.25, 0.3) is 0 Å². The van der Waals surface area contributed by atoms with Gasteiger partial charge in [-0.25, -0.2) is 0 Å².